The Hall–Kier alpha value is -1.48. The van der Waals surface area contributed by atoms with Crippen LogP contribution in [-0.4, -0.2) is 36.0 Å². The number of aromatic nitrogens is 2. The molecule has 1 aliphatic rings. The second kappa shape index (κ2) is 4.57. The van der Waals surface area contributed by atoms with Gasteiger partial charge in [0.1, 0.15) is 11.9 Å². The molecule has 0 amide bonds. The van der Waals surface area contributed by atoms with Crippen molar-refractivity contribution in [1.29, 1.82) is 0 Å². The van der Waals surface area contributed by atoms with Crippen molar-refractivity contribution in [2.45, 2.75) is 26.3 Å². The largest absolute Gasteiger partial charge is 0.309 e. The zero-order valence-electron chi connectivity index (χ0n) is 10.7. The first-order valence-corrected chi connectivity index (χ1v) is 7.55. The third kappa shape index (κ3) is 3.29. The Morgan fingerprint density at radius 1 is 1.58 bits per heavy atom. The molecule has 0 aliphatic heterocycles. The van der Waals surface area contributed by atoms with E-state index in [2.05, 4.69) is 5.10 Å². The summed E-state index contributed by atoms with van der Waals surface area (Å²) in [6, 6.07) is 0. The van der Waals surface area contributed by atoms with Gasteiger partial charge in [-0.1, -0.05) is 0 Å². The molecule has 0 aromatic carbocycles. The van der Waals surface area contributed by atoms with Gasteiger partial charge in [-0.05, 0) is 19.8 Å². The Labute approximate surface area is 110 Å². The van der Waals surface area contributed by atoms with E-state index in [1.54, 1.807) is 6.92 Å². The van der Waals surface area contributed by atoms with E-state index in [4.69, 9.17) is 4.18 Å². The van der Waals surface area contributed by atoms with E-state index in [0.717, 1.165) is 19.1 Å². The van der Waals surface area contributed by atoms with Crippen LogP contribution in [0.2, 0.25) is 0 Å². The van der Waals surface area contributed by atoms with Crippen molar-refractivity contribution in [2.24, 2.45) is 5.41 Å². The Bertz CT molecular complexity index is 603. The molecule has 0 spiro atoms. The van der Waals surface area contributed by atoms with Crippen molar-refractivity contribution in [3.63, 3.8) is 0 Å². The lowest BCUT2D eigenvalue weighted by atomic mass is 10.1. The molecule has 0 saturated heterocycles. The minimum Gasteiger partial charge on any atom is -0.270 e. The highest BCUT2D eigenvalue weighted by atomic mass is 32.2. The third-order valence-corrected chi connectivity index (χ3v) is 3.84. The molecule has 8 nitrogen and oxygen atoms in total. The van der Waals surface area contributed by atoms with E-state index in [-0.39, 0.29) is 17.7 Å². The molecular weight excluding hydrogens is 274 g/mol. The van der Waals surface area contributed by atoms with E-state index in [1.165, 1.54) is 10.9 Å². The first-order valence-electron chi connectivity index (χ1n) is 5.74. The van der Waals surface area contributed by atoms with E-state index in [0.29, 0.717) is 12.2 Å². The van der Waals surface area contributed by atoms with Gasteiger partial charge in [0.25, 0.3) is 10.1 Å². The Morgan fingerprint density at radius 2 is 2.21 bits per heavy atom. The van der Waals surface area contributed by atoms with Crippen molar-refractivity contribution >= 4 is 15.8 Å². The van der Waals surface area contributed by atoms with Crippen LogP contribution in [-0.2, 0) is 20.8 Å². The average Bonchev–Trinajstić information content (AvgIpc) is 2.95. The van der Waals surface area contributed by atoms with Gasteiger partial charge in [-0.15, -0.1) is 0 Å². The number of nitro groups is 1. The van der Waals surface area contributed by atoms with Crippen LogP contribution in [0.3, 0.4) is 0 Å². The van der Waals surface area contributed by atoms with Gasteiger partial charge in [0.15, 0.2) is 0 Å². The Balaban J connectivity index is 2.07. The van der Waals surface area contributed by atoms with Crippen LogP contribution in [0.25, 0.3) is 0 Å². The second-order valence-corrected chi connectivity index (χ2v) is 6.64. The highest BCUT2D eigenvalue weighted by Gasteiger charge is 2.45. The minimum absolute atomic E-state index is 0.0279. The first kappa shape index (κ1) is 13.9. The quantitative estimate of drug-likeness (QED) is 0.437. The minimum atomic E-state index is -3.47. The Morgan fingerprint density at radius 3 is 2.63 bits per heavy atom. The number of hydrogen-bond acceptors (Lipinski definition) is 6. The van der Waals surface area contributed by atoms with Gasteiger partial charge in [-0.25, -0.2) is 0 Å². The van der Waals surface area contributed by atoms with Crippen LogP contribution in [0.5, 0.6) is 0 Å². The van der Waals surface area contributed by atoms with E-state index >= 15 is 0 Å². The molecule has 0 atom stereocenters. The smallest absolute Gasteiger partial charge is 0.270 e. The van der Waals surface area contributed by atoms with Crippen LogP contribution in [0.15, 0.2) is 6.20 Å². The zero-order chi connectivity index (χ0) is 14.3. The van der Waals surface area contributed by atoms with Crippen LogP contribution < -0.4 is 0 Å². The summed E-state index contributed by atoms with van der Waals surface area (Å²) in [5.74, 6) is 0. The number of rotatable bonds is 6. The summed E-state index contributed by atoms with van der Waals surface area (Å²) in [4.78, 5) is 10.2. The second-order valence-electron chi connectivity index (χ2n) is 5.00. The normalized spacial score (nSPS) is 17.4. The maximum Gasteiger partial charge on any atom is 0.309 e. The van der Waals surface area contributed by atoms with Crippen molar-refractivity contribution in [3.05, 3.63) is 22.0 Å². The van der Waals surface area contributed by atoms with Gasteiger partial charge in [-0.3, -0.25) is 19.0 Å². The van der Waals surface area contributed by atoms with E-state index in [1.807, 2.05) is 0 Å². The lowest BCUT2D eigenvalue weighted by molar-refractivity contribution is -0.385. The van der Waals surface area contributed by atoms with Gasteiger partial charge in [-0.2, -0.15) is 13.5 Å². The molecule has 1 aliphatic carbocycles. The van der Waals surface area contributed by atoms with Gasteiger partial charge >= 0.3 is 5.69 Å². The maximum atomic E-state index is 11.0. The van der Waals surface area contributed by atoms with Gasteiger partial charge in [0, 0.05) is 12.0 Å². The van der Waals surface area contributed by atoms with Crippen molar-refractivity contribution in [3.8, 4) is 0 Å². The monoisotopic (exact) mass is 289 g/mol. The van der Waals surface area contributed by atoms with Gasteiger partial charge in [0.05, 0.1) is 17.8 Å². The zero-order valence-corrected chi connectivity index (χ0v) is 11.5. The maximum absolute atomic E-state index is 11.0. The fraction of sp³-hybridized carbons (Fsp3) is 0.700. The predicted octanol–water partition coefficient (Wildman–Crippen LogP) is 0.856. The molecule has 0 bridgehead atoms. The van der Waals surface area contributed by atoms with Gasteiger partial charge in [0.2, 0.25) is 0 Å². The summed E-state index contributed by atoms with van der Waals surface area (Å²) in [5.41, 5.74) is 0.170. The first-order chi connectivity index (χ1) is 8.72. The average molecular weight is 289 g/mol. The highest BCUT2D eigenvalue weighted by molar-refractivity contribution is 7.85. The predicted molar refractivity (Wildman–Crippen MR) is 66.1 cm³/mol. The molecule has 0 radical (unpaired) electrons. The standard InChI is InChI=1S/C10H15N3O5S/c1-8-9(13(14)15)5-11-12(8)6-10(3-4-10)7-18-19(2,16)17/h5H,3-4,6-7H2,1-2H3. The lowest BCUT2D eigenvalue weighted by Crippen LogP contribution is -2.21. The topological polar surface area (TPSA) is 104 Å². The molecule has 0 unspecified atom stereocenters. The lowest BCUT2D eigenvalue weighted by Gasteiger charge is -2.15. The summed E-state index contributed by atoms with van der Waals surface area (Å²) in [7, 11) is -3.47. The molecular formula is C10H15N3O5S. The summed E-state index contributed by atoms with van der Waals surface area (Å²) in [6.45, 7) is 2.15. The third-order valence-electron chi connectivity index (χ3n) is 3.30. The van der Waals surface area contributed by atoms with Crippen molar-refractivity contribution in [2.75, 3.05) is 12.9 Å². The molecule has 9 heteroatoms. The van der Waals surface area contributed by atoms with Crippen LogP contribution in [0, 0.1) is 22.5 Å². The summed E-state index contributed by atoms with van der Waals surface area (Å²) >= 11 is 0. The Kier molecular flexibility index (Phi) is 3.35. The number of nitrogens with zero attached hydrogens (tertiary/aromatic N) is 3. The van der Waals surface area contributed by atoms with E-state index in [9.17, 15) is 18.5 Å². The fourth-order valence-corrected chi connectivity index (χ4v) is 2.31. The molecule has 1 aromatic heterocycles. The summed E-state index contributed by atoms with van der Waals surface area (Å²) < 4.78 is 28.3. The summed E-state index contributed by atoms with van der Waals surface area (Å²) in [6.07, 6.45) is 3.88. The SMILES string of the molecule is Cc1c([N+](=O)[O-])cnn1CC1(COS(C)(=O)=O)CC1. The van der Waals surface area contributed by atoms with Crippen LogP contribution in [0.1, 0.15) is 18.5 Å². The molecule has 19 heavy (non-hydrogen) atoms. The van der Waals surface area contributed by atoms with Crippen molar-refractivity contribution in [1.82, 2.24) is 9.78 Å². The fourth-order valence-electron chi connectivity index (χ4n) is 1.85. The molecule has 0 N–H and O–H groups in total. The molecule has 1 saturated carbocycles. The molecule has 2 rings (SSSR count). The van der Waals surface area contributed by atoms with Gasteiger partial charge < -0.3 is 0 Å². The molecule has 1 aromatic rings. The van der Waals surface area contributed by atoms with Crippen LogP contribution >= 0.6 is 0 Å². The summed E-state index contributed by atoms with van der Waals surface area (Å²) in [5, 5.41) is 14.7. The van der Waals surface area contributed by atoms with Crippen LogP contribution in [0.4, 0.5) is 5.69 Å². The van der Waals surface area contributed by atoms with Crippen molar-refractivity contribution < 1.29 is 17.5 Å². The molecule has 1 heterocycles. The molecule has 1 fully saturated rings. The molecule has 106 valence electrons. The van der Waals surface area contributed by atoms with E-state index < -0.39 is 15.0 Å². The number of hydrogen-bond donors (Lipinski definition) is 0. The highest BCUT2D eigenvalue weighted by Crippen LogP contribution is 2.47.